The average Bonchev–Trinajstić information content (AvgIpc) is 2.89. The van der Waals surface area contributed by atoms with E-state index in [-0.39, 0.29) is 17.5 Å². The highest BCUT2D eigenvalue weighted by Gasteiger charge is 2.27. The number of unbranched alkanes of at least 4 members (excludes halogenated alkanes) is 5. The number of amides is 1. The summed E-state index contributed by atoms with van der Waals surface area (Å²) in [6.07, 6.45) is 8.02. The van der Waals surface area contributed by atoms with Gasteiger partial charge >= 0.3 is 0 Å². The van der Waals surface area contributed by atoms with Crippen molar-refractivity contribution < 1.29 is 9.53 Å². The number of fused-ring (bicyclic) bond motifs is 1. The van der Waals surface area contributed by atoms with E-state index in [1.807, 2.05) is 62.1 Å². The summed E-state index contributed by atoms with van der Waals surface area (Å²) < 4.78 is 6.99. The Bertz CT molecular complexity index is 1230. The van der Waals surface area contributed by atoms with Gasteiger partial charge in [-0.15, -0.1) is 0 Å². The Balaban J connectivity index is 2.01. The molecule has 0 bridgehead atoms. The molecular formula is C31H43N3O3. The third kappa shape index (κ3) is 7.29. The molecule has 0 radical (unpaired) electrons. The standard InChI is InChI=1S/C31H43N3O3/c1-6-7-8-9-10-11-17-29(35)33(20-14-21-37-5)25(4)30-32-27-16-13-12-15-26(27)31(36)34(30)28-19-18-23(2)22-24(28)3/h12-13,15-16,18-19,22,25H,6-11,14,17,20-21H2,1-5H3. The molecule has 1 atom stereocenters. The monoisotopic (exact) mass is 505 g/mol. The molecule has 37 heavy (non-hydrogen) atoms. The number of hydrogen-bond acceptors (Lipinski definition) is 4. The molecule has 0 aliphatic carbocycles. The number of hydrogen-bond donors (Lipinski definition) is 0. The van der Waals surface area contributed by atoms with E-state index in [1.54, 1.807) is 11.7 Å². The Kier molecular flexibility index (Phi) is 10.9. The number of para-hydroxylation sites is 1. The van der Waals surface area contributed by atoms with Crippen LogP contribution in [-0.4, -0.2) is 40.6 Å². The average molecular weight is 506 g/mol. The highest BCUT2D eigenvalue weighted by molar-refractivity contribution is 5.79. The van der Waals surface area contributed by atoms with Gasteiger partial charge in [0.15, 0.2) is 0 Å². The fraction of sp³-hybridized carbons (Fsp3) is 0.516. The molecule has 0 fully saturated rings. The van der Waals surface area contributed by atoms with Crippen LogP contribution in [0.15, 0.2) is 47.3 Å². The number of methoxy groups -OCH3 is 1. The zero-order valence-corrected chi connectivity index (χ0v) is 23.3. The number of aromatic nitrogens is 2. The van der Waals surface area contributed by atoms with Crippen LogP contribution in [0.2, 0.25) is 0 Å². The first kappa shape index (κ1) is 28.6. The van der Waals surface area contributed by atoms with Gasteiger partial charge in [0, 0.05) is 26.7 Å². The molecule has 3 rings (SSSR count). The van der Waals surface area contributed by atoms with E-state index < -0.39 is 0 Å². The van der Waals surface area contributed by atoms with E-state index in [0.29, 0.717) is 36.3 Å². The van der Waals surface area contributed by atoms with Crippen LogP contribution in [0.5, 0.6) is 0 Å². The number of ether oxygens (including phenoxy) is 1. The molecule has 0 saturated heterocycles. The Morgan fingerprint density at radius 2 is 1.76 bits per heavy atom. The van der Waals surface area contributed by atoms with Crippen molar-refractivity contribution in [2.24, 2.45) is 0 Å². The summed E-state index contributed by atoms with van der Waals surface area (Å²) in [5, 5.41) is 0.572. The Hall–Kier alpha value is -2.99. The van der Waals surface area contributed by atoms with Crippen LogP contribution in [0, 0.1) is 13.8 Å². The van der Waals surface area contributed by atoms with Crippen molar-refractivity contribution in [1.29, 1.82) is 0 Å². The minimum Gasteiger partial charge on any atom is -0.385 e. The van der Waals surface area contributed by atoms with Crippen LogP contribution < -0.4 is 5.56 Å². The number of rotatable bonds is 14. The maximum atomic E-state index is 13.8. The predicted octanol–water partition coefficient (Wildman–Crippen LogP) is 6.68. The van der Waals surface area contributed by atoms with Gasteiger partial charge in [-0.05, 0) is 57.4 Å². The highest BCUT2D eigenvalue weighted by Crippen LogP contribution is 2.26. The quantitative estimate of drug-likeness (QED) is 0.229. The SMILES string of the molecule is CCCCCCCCC(=O)N(CCCOC)C(C)c1nc2ccccc2c(=O)n1-c1ccc(C)cc1C. The molecule has 2 aromatic carbocycles. The second-order valence-electron chi connectivity index (χ2n) is 10.0. The maximum Gasteiger partial charge on any atom is 0.266 e. The van der Waals surface area contributed by atoms with E-state index in [4.69, 9.17) is 9.72 Å². The highest BCUT2D eigenvalue weighted by atomic mass is 16.5. The van der Waals surface area contributed by atoms with Crippen LogP contribution in [0.25, 0.3) is 16.6 Å². The molecule has 1 unspecified atom stereocenters. The molecule has 1 amide bonds. The van der Waals surface area contributed by atoms with Crippen LogP contribution in [0.3, 0.4) is 0 Å². The van der Waals surface area contributed by atoms with Gasteiger partial charge in [0.25, 0.3) is 5.56 Å². The molecule has 1 heterocycles. The third-order valence-electron chi connectivity index (χ3n) is 7.05. The number of aryl methyl sites for hydroxylation is 2. The topological polar surface area (TPSA) is 64.4 Å². The summed E-state index contributed by atoms with van der Waals surface area (Å²) in [6, 6.07) is 13.1. The largest absolute Gasteiger partial charge is 0.385 e. The Morgan fingerprint density at radius 1 is 1.03 bits per heavy atom. The zero-order valence-electron chi connectivity index (χ0n) is 23.3. The molecule has 0 N–H and O–H groups in total. The van der Waals surface area contributed by atoms with Crippen molar-refractivity contribution in [3.8, 4) is 5.69 Å². The summed E-state index contributed by atoms with van der Waals surface area (Å²) in [6.45, 7) is 9.38. The Labute approximate surface area is 221 Å². The van der Waals surface area contributed by atoms with Crippen LogP contribution in [0.1, 0.15) is 88.2 Å². The van der Waals surface area contributed by atoms with Gasteiger partial charge in [-0.25, -0.2) is 4.98 Å². The summed E-state index contributed by atoms with van der Waals surface area (Å²) in [5.74, 6) is 0.693. The summed E-state index contributed by atoms with van der Waals surface area (Å²) >= 11 is 0. The normalized spacial score (nSPS) is 12.1. The van der Waals surface area contributed by atoms with Crippen molar-refractivity contribution >= 4 is 16.8 Å². The van der Waals surface area contributed by atoms with Crippen molar-refractivity contribution in [3.63, 3.8) is 0 Å². The number of nitrogens with zero attached hydrogens (tertiary/aromatic N) is 3. The van der Waals surface area contributed by atoms with E-state index >= 15 is 0 Å². The van der Waals surface area contributed by atoms with Gasteiger partial charge in [0.1, 0.15) is 5.82 Å². The lowest BCUT2D eigenvalue weighted by Gasteiger charge is -2.31. The van der Waals surface area contributed by atoms with E-state index in [0.717, 1.165) is 36.1 Å². The minimum atomic E-state index is -0.373. The van der Waals surface area contributed by atoms with Gasteiger partial charge in [-0.3, -0.25) is 14.2 Å². The molecule has 0 aliphatic heterocycles. The second kappa shape index (κ2) is 14.1. The summed E-state index contributed by atoms with van der Waals surface area (Å²) in [4.78, 5) is 34.2. The lowest BCUT2D eigenvalue weighted by Crippen LogP contribution is -2.38. The van der Waals surface area contributed by atoms with Crippen molar-refractivity contribution in [2.75, 3.05) is 20.3 Å². The van der Waals surface area contributed by atoms with Crippen LogP contribution in [-0.2, 0) is 9.53 Å². The van der Waals surface area contributed by atoms with Gasteiger partial charge in [0.05, 0.1) is 22.6 Å². The van der Waals surface area contributed by atoms with Crippen molar-refractivity contribution in [2.45, 2.75) is 85.1 Å². The molecule has 0 aliphatic rings. The molecule has 6 nitrogen and oxygen atoms in total. The lowest BCUT2D eigenvalue weighted by atomic mass is 10.1. The second-order valence-corrected chi connectivity index (χ2v) is 10.0. The van der Waals surface area contributed by atoms with Gasteiger partial charge in [-0.2, -0.15) is 0 Å². The van der Waals surface area contributed by atoms with Crippen molar-refractivity contribution in [3.05, 3.63) is 69.8 Å². The minimum absolute atomic E-state index is 0.105. The zero-order chi connectivity index (χ0) is 26.8. The smallest absolute Gasteiger partial charge is 0.266 e. The maximum absolute atomic E-state index is 13.8. The van der Waals surface area contributed by atoms with Crippen molar-refractivity contribution in [1.82, 2.24) is 14.5 Å². The van der Waals surface area contributed by atoms with E-state index in [2.05, 4.69) is 13.0 Å². The lowest BCUT2D eigenvalue weighted by molar-refractivity contribution is -0.134. The fourth-order valence-corrected chi connectivity index (χ4v) is 4.97. The number of carbonyl (C=O) groups excluding carboxylic acids is 1. The number of benzene rings is 2. The summed E-state index contributed by atoms with van der Waals surface area (Å²) in [5.41, 5.74) is 3.47. The molecule has 0 spiro atoms. The van der Waals surface area contributed by atoms with Gasteiger partial charge in [-0.1, -0.05) is 68.9 Å². The molecule has 6 heteroatoms. The Morgan fingerprint density at radius 3 is 2.49 bits per heavy atom. The molecule has 3 aromatic rings. The first-order valence-electron chi connectivity index (χ1n) is 13.8. The van der Waals surface area contributed by atoms with Crippen LogP contribution >= 0.6 is 0 Å². The van der Waals surface area contributed by atoms with E-state index in [9.17, 15) is 9.59 Å². The third-order valence-corrected chi connectivity index (χ3v) is 7.05. The predicted molar refractivity (Wildman–Crippen MR) is 151 cm³/mol. The fourth-order valence-electron chi connectivity index (χ4n) is 4.97. The molecule has 0 saturated carbocycles. The van der Waals surface area contributed by atoms with Crippen LogP contribution in [0.4, 0.5) is 0 Å². The molecule has 200 valence electrons. The van der Waals surface area contributed by atoms with E-state index in [1.165, 1.54) is 25.7 Å². The summed E-state index contributed by atoms with van der Waals surface area (Å²) in [7, 11) is 1.68. The number of carbonyl (C=O) groups is 1. The first-order chi connectivity index (χ1) is 17.9. The first-order valence-corrected chi connectivity index (χ1v) is 13.8. The molecular weight excluding hydrogens is 462 g/mol. The molecule has 1 aromatic heterocycles. The van der Waals surface area contributed by atoms with Gasteiger partial charge in [0.2, 0.25) is 5.91 Å². The van der Waals surface area contributed by atoms with Gasteiger partial charge < -0.3 is 9.64 Å².